The van der Waals surface area contributed by atoms with Gasteiger partial charge in [0.1, 0.15) is 5.75 Å². The van der Waals surface area contributed by atoms with Gasteiger partial charge in [0.05, 0.1) is 0 Å². The van der Waals surface area contributed by atoms with Gasteiger partial charge in [-0.15, -0.1) is 0 Å². The summed E-state index contributed by atoms with van der Waals surface area (Å²) >= 11 is 5.85. The van der Waals surface area contributed by atoms with Crippen LogP contribution >= 0.6 is 11.6 Å². The average molecular weight is 451 g/mol. The van der Waals surface area contributed by atoms with Crippen LogP contribution in [0.15, 0.2) is 78.9 Å². The Bertz CT molecular complexity index is 1030. The summed E-state index contributed by atoms with van der Waals surface area (Å²) in [6, 6.07) is 24.1. The first-order valence-electron chi connectivity index (χ1n) is 10.5. The quantitative estimate of drug-likeness (QED) is 0.492. The van der Waals surface area contributed by atoms with Crippen LogP contribution in [0.5, 0.6) is 5.75 Å². The van der Waals surface area contributed by atoms with Crippen LogP contribution in [0.3, 0.4) is 0 Å². The molecule has 3 rings (SSSR count). The normalized spacial score (nSPS) is 11.0. The van der Waals surface area contributed by atoms with E-state index in [2.05, 4.69) is 10.6 Å². The van der Waals surface area contributed by atoms with E-state index >= 15 is 0 Å². The maximum Gasteiger partial charge on any atom is 0.263 e. The Kier molecular flexibility index (Phi) is 7.90. The van der Waals surface area contributed by atoms with Crippen LogP contribution in [-0.2, 0) is 17.8 Å². The smallest absolute Gasteiger partial charge is 0.263 e. The van der Waals surface area contributed by atoms with E-state index in [1.54, 1.807) is 38.1 Å². The zero-order valence-corrected chi connectivity index (χ0v) is 19.0. The van der Waals surface area contributed by atoms with Gasteiger partial charge in [-0.3, -0.25) is 9.59 Å². The number of carbonyl (C=O) groups excluding carboxylic acids is 2. The van der Waals surface area contributed by atoms with Crippen LogP contribution in [0.1, 0.15) is 35.3 Å². The van der Waals surface area contributed by atoms with Gasteiger partial charge < -0.3 is 15.4 Å². The lowest BCUT2D eigenvalue weighted by Gasteiger charge is -2.25. The predicted octanol–water partition coefficient (Wildman–Crippen LogP) is 4.79. The first-order valence-corrected chi connectivity index (χ1v) is 10.9. The molecular weight excluding hydrogens is 424 g/mol. The monoisotopic (exact) mass is 450 g/mol. The van der Waals surface area contributed by atoms with Gasteiger partial charge >= 0.3 is 0 Å². The predicted molar refractivity (Wildman–Crippen MR) is 127 cm³/mol. The van der Waals surface area contributed by atoms with Crippen molar-refractivity contribution in [3.8, 4) is 5.75 Å². The largest absolute Gasteiger partial charge is 0.478 e. The Hall–Kier alpha value is -3.31. The van der Waals surface area contributed by atoms with Gasteiger partial charge in [-0.05, 0) is 67.8 Å². The standard InChI is InChI=1S/C26H27ClN2O3/c1-26(2,25(31)29-18-20-6-4-3-5-7-20)32-23-14-8-19(9-15-23)16-17-28-24(30)21-10-12-22(27)13-11-21/h3-15H,16-18H2,1-2H3,(H,28,30)(H,29,31). The Morgan fingerprint density at radius 1 is 0.844 bits per heavy atom. The van der Waals surface area contributed by atoms with Gasteiger partial charge in [0.25, 0.3) is 11.8 Å². The third-order valence-corrected chi connectivity index (χ3v) is 5.20. The van der Waals surface area contributed by atoms with E-state index in [0.717, 1.165) is 11.1 Å². The second-order valence-corrected chi connectivity index (χ2v) is 8.37. The molecule has 166 valence electrons. The van der Waals surface area contributed by atoms with Crippen LogP contribution in [0.25, 0.3) is 0 Å². The molecule has 3 aromatic rings. The highest BCUT2D eigenvalue weighted by Crippen LogP contribution is 2.20. The zero-order valence-electron chi connectivity index (χ0n) is 18.2. The summed E-state index contributed by atoms with van der Waals surface area (Å²) in [4.78, 5) is 24.7. The minimum atomic E-state index is -1.01. The highest BCUT2D eigenvalue weighted by atomic mass is 35.5. The minimum Gasteiger partial charge on any atom is -0.478 e. The molecule has 0 saturated heterocycles. The molecule has 0 heterocycles. The zero-order chi connectivity index (χ0) is 23.0. The molecule has 3 aromatic carbocycles. The van der Waals surface area contributed by atoms with E-state index in [4.69, 9.17) is 16.3 Å². The van der Waals surface area contributed by atoms with E-state index in [1.807, 2.05) is 54.6 Å². The van der Waals surface area contributed by atoms with Crippen molar-refractivity contribution < 1.29 is 14.3 Å². The van der Waals surface area contributed by atoms with Gasteiger partial charge in [-0.2, -0.15) is 0 Å². The molecule has 5 nitrogen and oxygen atoms in total. The van der Waals surface area contributed by atoms with E-state index in [-0.39, 0.29) is 11.8 Å². The van der Waals surface area contributed by atoms with E-state index in [0.29, 0.717) is 35.8 Å². The van der Waals surface area contributed by atoms with Crippen LogP contribution in [0.2, 0.25) is 5.02 Å². The number of ether oxygens (including phenoxy) is 1. The molecule has 0 aliphatic carbocycles. The van der Waals surface area contributed by atoms with Crippen molar-refractivity contribution in [1.29, 1.82) is 0 Å². The summed E-state index contributed by atoms with van der Waals surface area (Å²) in [5.41, 5.74) is 1.65. The maximum atomic E-state index is 12.6. The van der Waals surface area contributed by atoms with Crippen LogP contribution in [-0.4, -0.2) is 24.0 Å². The van der Waals surface area contributed by atoms with Gasteiger partial charge in [0, 0.05) is 23.7 Å². The second kappa shape index (κ2) is 10.8. The van der Waals surface area contributed by atoms with Gasteiger partial charge in [-0.1, -0.05) is 54.1 Å². The number of hydrogen-bond acceptors (Lipinski definition) is 3. The molecule has 32 heavy (non-hydrogen) atoms. The number of halogens is 1. The minimum absolute atomic E-state index is 0.134. The van der Waals surface area contributed by atoms with Crippen molar-refractivity contribution in [2.24, 2.45) is 0 Å². The van der Waals surface area contributed by atoms with E-state index in [1.165, 1.54) is 0 Å². The van der Waals surface area contributed by atoms with Gasteiger partial charge in [-0.25, -0.2) is 0 Å². The van der Waals surface area contributed by atoms with Gasteiger partial charge in [0.15, 0.2) is 5.60 Å². The fraction of sp³-hybridized carbons (Fsp3) is 0.231. The lowest BCUT2D eigenvalue weighted by atomic mass is 10.1. The molecule has 0 spiro atoms. The number of carbonyl (C=O) groups is 2. The molecular formula is C26H27ClN2O3. The molecule has 0 saturated carbocycles. The van der Waals surface area contributed by atoms with E-state index < -0.39 is 5.60 Å². The van der Waals surface area contributed by atoms with Crippen molar-refractivity contribution >= 4 is 23.4 Å². The third kappa shape index (κ3) is 6.86. The van der Waals surface area contributed by atoms with Crippen LogP contribution < -0.4 is 15.4 Å². The molecule has 6 heteroatoms. The summed E-state index contributed by atoms with van der Waals surface area (Å²) in [7, 11) is 0. The molecule has 0 atom stereocenters. The summed E-state index contributed by atoms with van der Waals surface area (Å²) in [6.45, 7) is 4.45. The molecule has 0 aliphatic heterocycles. The molecule has 2 N–H and O–H groups in total. The third-order valence-electron chi connectivity index (χ3n) is 4.94. The molecule has 0 aliphatic rings. The SMILES string of the molecule is CC(C)(Oc1ccc(CCNC(=O)c2ccc(Cl)cc2)cc1)C(=O)NCc1ccccc1. The highest BCUT2D eigenvalue weighted by Gasteiger charge is 2.29. The Labute approximate surface area is 193 Å². The van der Waals surface area contributed by atoms with Crippen molar-refractivity contribution in [3.63, 3.8) is 0 Å². The fourth-order valence-corrected chi connectivity index (χ4v) is 3.21. The van der Waals surface area contributed by atoms with Crippen molar-refractivity contribution in [2.75, 3.05) is 6.54 Å². The average Bonchev–Trinajstić information content (AvgIpc) is 2.79. The molecule has 2 amide bonds. The van der Waals surface area contributed by atoms with Crippen molar-refractivity contribution in [3.05, 3.63) is 101 Å². The molecule has 0 fully saturated rings. The molecule has 0 bridgehead atoms. The summed E-state index contributed by atoms with van der Waals surface area (Å²) in [5.74, 6) is 0.291. The first-order chi connectivity index (χ1) is 15.3. The molecule has 0 radical (unpaired) electrons. The van der Waals surface area contributed by atoms with Crippen molar-refractivity contribution in [2.45, 2.75) is 32.4 Å². The number of rotatable bonds is 9. The Balaban J connectivity index is 1.46. The maximum absolute atomic E-state index is 12.6. The van der Waals surface area contributed by atoms with Gasteiger partial charge in [0.2, 0.25) is 0 Å². The van der Waals surface area contributed by atoms with E-state index in [9.17, 15) is 9.59 Å². The lowest BCUT2D eigenvalue weighted by molar-refractivity contribution is -0.134. The number of amides is 2. The van der Waals surface area contributed by atoms with Crippen LogP contribution in [0, 0.1) is 0 Å². The Morgan fingerprint density at radius 3 is 2.16 bits per heavy atom. The lowest BCUT2D eigenvalue weighted by Crippen LogP contribution is -2.46. The topological polar surface area (TPSA) is 67.4 Å². The van der Waals surface area contributed by atoms with Crippen LogP contribution in [0.4, 0.5) is 0 Å². The molecule has 0 aromatic heterocycles. The summed E-state index contributed by atoms with van der Waals surface area (Å²) in [5, 5.41) is 6.41. The van der Waals surface area contributed by atoms with Crippen molar-refractivity contribution in [1.82, 2.24) is 10.6 Å². The number of benzene rings is 3. The summed E-state index contributed by atoms with van der Waals surface area (Å²) < 4.78 is 5.92. The number of hydrogen-bond donors (Lipinski definition) is 2. The second-order valence-electron chi connectivity index (χ2n) is 7.94. The highest BCUT2D eigenvalue weighted by molar-refractivity contribution is 6.30. The molecule has 0 unspecified atom stereocenters. The number of nitrogens with one attached hydrogen (secondary N) is 2. The Morgan fingerprint density at radius 2 is 1.50 bits per heavy atom. The first kappa shape index (κ1) is 23.4. The fourth-order valence-electron chi connectivity index (χ4n) is 3.08. The summed E-state index contributed by atoms with van der Waals surface area (Å²) in [6.07, 6.45) is 0.681.